The first kappa shape index (κ1) is 11.7. The van der Waals surface area contributed by atoms with E-state index in [1.54, 1.807) is 7.05 Å². The maximum absolute atomic E-state index is 11.3. The molecule has 0 aliphatic heterocycles. The number of carbonyl (C=O) groups excluding carboxylic acids is 1. The zero-order chi connectivity index (χ0) is 11.1. The van der Waals surface area contributed by atoms with Crippen LogP contribution in [-0.4, -0.2) is 19.5 Å². The number of amides is 1. The molecular formula is C12H18N2O. The fourth-order valence-corrected chi connectivity index (χ4v) is 1.33. The third kappa shape index (κ3) is 3.72. The molecule has 0 aromatic heterocycles. The fourth-order valence-electron chi connectivity index (χ4n) is 1.33. The highest BCUT2D eigenvalue weighted by molar-refractivity contribution is 5.93. The minimum absolute atomic E-state index is 0.0388. The Hall–Kier alpha value is -1.35. The Balaban J connectivity index is 2.52. The van der Waals surface area contributed by atoms with Crippen molar-refractivity contribution in [2.45, 2.75) is 19.9 Å². The zero-order valence-corrected chi connectivity index (χ0v) is 9.34. The van der Waals surface area contributed by atoms with Gasteiger partial charge in [0.05, 0.1) is 0 Å². The fraction of sp³-hybridized carbons (Fsp3) is 0.417. The normalized spacial score (nSPS) is 10.0. The summed E-state index contributed by atoms with van der Waals surface area (Å²) in [6, 6.07) is 7.66. The summed E-state index contributed by atoms with van der Waals surface area (Å²) >= 11 is 0. The van der Waals surface area contributed by atoms with Gasteiger partial charge in [0.15, 0.2) is 0 Å². The second-order valence-electron chi connectivity index (χ2n) is 3.45. The topological polar surface area (TPSA) is 41.1 Å². The molecule has 0 saturated carbocycles. The van der Waals surface area contributed by atoms with E-state index in [9.17, 15) is 4.79 Å². The van der Waals surface area contributed by atoms with Gasteiger partial charge in [0.2, 0.25) is 0 Å². The Bertz CT molecular complexity index is 306. The molecule has 1 aromatic rings. The largest absolute Gasteiger partial charge is 0.355 e. The zero-order valence-electron chi connectivity index (χ0n) is 9.34. The molecule has 1 amide bonds. The van der Waals surface area contributed by atoms with Gasteiger partial charge < -0.3 is 10.6 Å². The average molecular weight is 206 g/mol. The summed E-state index contributed by atoms with van der Waals surface area (Å²) in [5.41, 5.74) is 1.91. The Morgan fingerprint density at radius 3 is 2.47 bits per heavy atom. The Kier molecular flexibility index (Phi) is 4.84. The van der Waals surface area contributed by atoms with E-state index >= 15 is 0 Å². The van der Waals surface area contributed by atoms with Crippen molar-refractivity contribution in [1.82, 2.24) is 10.6 Å². The molecule has 0 atom stereocenters. The Morgan fingerprint density at radius 1 is 1.27 bits per heavy atom. The minimum Gasteiger partial charge on any atom is -0.355 e. The van der Waals surface area contributed by atoms with E-state index in [1.807, 2.05) is 24.3 Å². The van der Waals surface area contributed by atoms with Crippen molar-refractivity contribution < 1.29 is 4.79 Å². The van der Waals surface area contributed by atoms with Crippen molar-refractivity contribution in [3.63, 3.8) is 0 Å². The lowest BCUT2D eigenvalue weighted by Crippen LogP contribution is -2.18. The summed E-state index contributed by atoms with van der Waals surface area (Å²) in [5, 5.41) is 5.91. The molecule has 82 valence electrons. The Morgan fingerprint density at radius 2 is 1.93 bits per heavy atom. The average Bonchev–Trinajstić information content (AvgIpc) is 2.29. The van der Waals surface area contributed by atoms with Crippen molar-refractivity contribution in [1.29, 1.82) is 0 Å². The molecule has 15 heavy (non-hydrogen) atoms. The molecular weight excluding hydrogens is 188 g/mol. The maximum atomic E-state index is 11.3. The molecule has 1 rings (SSSR count). The van der Waals surface area contributed by atoms with Crippen LogP contribution in [0.1, 0.15) is 29.3 Å². The first-order valence-corrected chi connectivity index (χ1v) is 5.29. The highest BCUT2D eigenvalue weighted by Gasteiger charge is 2.01. The number of nitrogens with one attached hydrogen (secondary N) is 2. The van der Waals surface area contributed by atoms with Crippen LogP contribution in [0.15, 0.2) is 24.3 Å². The second-order valence-corrected chi connectivity index (χ2v) is 3.45. The highest BCUT2D eigenvalue weighted by Crippen LogP contribution is 2.03. The molecule has 0 unspecified atom stereocenters. The van der Waals surface area contributed by atoms with Gasteiger partial charge in [0, 0.05) is 19.2 Å². The molecule has 0 bridgehead atoms. The van der Waals surface area contributed by atoms with Gasteiger partial charge in [0.1, 0.15) is 0 Å². The van der Waals surface area contributed by atoms with Crippen LogP contribution < -0.4 is 10.6 Å². The van der Waals surface area contributed by atoms with E-state index in [2.05, 4.69) is 17.6 Å². The summed E-state index contributed by atoms with van der Waals surface area (Å²) in [5.74, 6) is -0.0388. The van der Waals surface area contributed by atoms with Crippen LogP contribution in [0.4, 0.5) is 0 Å². The molecule has 1 aromatic carbocycles. The minimum atomic E-state index is -0.0388. The first-order chi connectivity index (χ1) is 7.27. The predicted octanol–water partition coefficient (Wildman–Crippen LogP) is 1.55. The molecule has 3 nitrogen and oxygen atoms in total. The van der Waals surface area contributed by atoms with E-state index in [0.29, 0.717) is 5.56 Å². The lowest BCUT2D eigenvalue weighted by Gasteiger charge is -2.04. The molecule has 0 aliphatic rings. The summed E-state index contributed by atoms with van der Waals surface area (Å²) < 4.78 is 0. The monoisotopic (exact) mass is 206 g/mol. The highest BCUT2D eigenvalue weighted by atomic mass is 16.1. The van der Waals surface area contributed by atoms with Gasteiger partial charge in [-0.1, -0.05) is 19.1 Å². The van der Waals surface area contributed by atoms with Gasteiger partial charge in [-0.05, 0) is 30.7 Å². The SMILES string of the molecule is CCCNCc1ccc(C(=O)NC)cc1. The summed E-state index contributed by atoms with van der Waals surface area (Å²) in [6.07, 6.45) is 1.14. The van der Waals surface area contributed by atoms with Crippen LogP contribution in [0.5, 0.6) is 0 Å². The second kappa shape index (κ2) is 6.19. The first-order valence-electron chi connectivity index (χ1n) is 5.29. The third-order valence-corrected chi connectivity index (χ3v) is 2.20. The number of hydrogen-bond donors (Lipinski definition) is 2. The van der Waals surface area contributed by atoms with Crippen molar-refractivity contribution >= 4 is 5.91 Å². The lowest BCUT2D eigenvalue weighted by molar-refractivity contribution is 0.0963. The van der Waals surface area contributed by atoms with Gasteiger partial charge in [-0.15, -0.1) is 0 Å². The smallest absolute Gasteiger partial charge is 0.251 e. The number of benzene rings is 1. The van der Waals surface area contributed by atoms with Crippen molar-refractivity contribution in [2.24, 2.45) is 0 Å². The van der Waals surface area contributed by atoms with Crippen LogP contribution in [0, 0.1) is 0 Å². The molecule has 0 aliphatic carbocycles. The maximum Gasteiger partial charge on any atom is 0.251 e. The van der Waals surface area contributed by atoms with E-state index in [0.717, 1.165) is 19.5 Å². The summed E-state index contributed by atoms with van der Waals surface area (Å²) in [4.78, 5) is 11.3. The van der Waals surface area contributed by atoms with E-state index in [4.69, 9.17) is 0 Å². The van der Waals surface area contributed by atoms with Gasteiger partial charge in [-0.2, -0.15) is 0 Å². The number of hydrogen-bond acceptors (Lipinski definition) is 2. The van der Waals surface area contributed by atoms with Gasteiger partial charge in [-0.3, -0.25) is 4.79 Å². The summed E-state index contributed by atoms with van der Waals surface area (Å²) in [6.45, 7) is 4.03. The van der Waals surface area contributed by atoms with E-state index in [-0.39, 0.29) is 5.91 Å². The Labute approximate surface area is 90.9 Å². The van der Waals surface area contributed by atoms with Gasteiger partial charge in [0.25, 0.3) is 5.91 Å². The number of carbonyl (C=O) groups is 1. The lowest BCUT2D eigenvalue weighted by atomic mass is 10.1. The van der Waals surface area contributed by atoms with Crippen molar-refractivity contribution in [2.75, 3.05) is 13.6 Å². The molecule has 0 spiro atoms. The van der Waals surface area contributed by atoms with Crippen molar-refractivity contribution in [3.8, 4) is 0 Å². The van der Waals surface area contributed by atoms with Crippen LogP contribution in [-0.2, 0) is 6.54 Å². The van der Waals surface area contributed by atoms with E-state index < -0.39 is 0 Å². The van der Waals surface area contributed by atoms with Gasteiger partial charge >= 0.3 is 0 Å². The number of rotatable bonds is 5. The standard InChI is InChI=1S/C12H18N2O/c1-3-8-14-9-10-4-6-11(7-5-10)12(15)13-2/h4-7,14H,3,8-9H2,1-2H3,(H,13,15). The quantitative estimate of drug-likeness (QED) is 0.718. The van der Waals surface area contributed by atoms with Crippen LogP contribution >= 0.6 is 0 Å². The van der Waals surface area contributed by atoms with Crippen LogP contribution in [0.25, 0.3) is 0 Å². The molecule has 3 heteroatoms. The molecule has 2 N–H and O–H groups in total. The third-order valence-electron chi connectivity index (χ3n) is 2.20. The van der Waals surface area contributed by atoms with Crippen molar-refractivity contribution in [3.05, 3.63) is 35.4 Å². The van der Waals surface area contributed by atoms with Crippen LogP contribution in [0.2, 0.25) is 0 Å². The predicted molar refractivity (Wildman–Crippen MR) is 61.8 cm³/mol. The molecule has 0 fully saturated rings. The van der Waals surface area contributed by atoms with E-state index in [1.165, 1.54) is 5.56 Å². The molecule has 0 saturated heterocycles. The van der Waals surface area contributed by atoms with Gasteiger partial charge in [-0.25, -0.2) is 0 Å². The van der Waals surface area contributed by atoms with Crippen LogP contribution in [0.3, 0.4) is 0 Å². The molecule has 0 radical (unpaired) electrons. The molecule has 0 heterocycles. The summed E-state index contributed by atoms with van der Waals surface area (Å²) in [7, 11) is 1.64.